The number of methoxy groups -OCH3 is 1. The van der Waals surface area contributed by atoms with E-state index in [4.69, 9.17) is 10.5 Å². The van der Waals surface area contributed by atoms with Gasteiger partial charge in [-0.3, -0.25) is 4.79 Å². The van der Waals surface area contributed by atoms with Gasteiger partial charge in [-0.05, 0) is 42.3 Å². The van der Waals surface area contributed by atoms with Crippen LogP contribution in [0.2, 0.25) is 0 Å². The summed E-state index contributed by atoms with van der Waals surface area (Å²) < 4.78 is 5.25. The zero-order chi connectivity index (χ0) is 15.4. The molecule has 2 aromatic rings. The Morgan fingerprint density at radius 1 is 1.29 bits per heavy atom. The third-order valence-electron chi connectivity index (χ3n) is 3.22. The summed E-state index contributed by atoms with van der Waals surface area (Å²) in [6, 6.07) is 10.1. The maximum absolute atomic E-state index is 12.2. The highest BCUT2D eigenvalue weighted by atomic mass is 16.5. The van der Waals surface area contributed by atoms with Crippen LogP contribution in [-0.4, -0.2) is 18.1 Å². The molecule has 0 atom stereocenters. The number of amides is 1. The molecule has 0 heterocycles. The first-order valence-corrected chi connectivity index (χ1v) is 6.53. The molecule has 0 unspecified atom stereocenters. The van der Waals surface area contributed by atoms with Crippen molar-refractivity contribution in [2.45, 2.75) is 13.5 Å². The lowest BCUT2D eigenvalue weighted by atomic mass is 10.1. The molecular weight excluding hydrogens is 268 g/mol. The Balaban J connectivity index is 2.24. The first-order valence-electron chi connectivity index (χ1n) is 6.53. The van der Waals surface area contributed by atoms with Gasteiger partial charge in [0.2, 0.25) is 0 Å². The second-order valence-electron chi connectivity index (χ2n) is 4.69. The number of aryl methyl sites for hydroxylation is 1. The number of nitrogens with one attached hydrogen (secondary N) is 1. The predicted molar refractivity (Wildman–Crippen MR) is 81.7 cm³/mol. The van der Waals surface area contributed by atoms with Gasteiger partial charge in [-0.25, -0.2) is 0 Å². The number of anilines is 1. The molecule has 0 radical (unpaired) electrons. The molecule has 0 bridgehead atoms. The molecular formula is C16H18N2O3. The molecule has 21 heavy (non-hydrogen) atoms. The van der Waals surface area contributed by atoms with E-state index >= 15 is 0 Å². The molecule has 5 heteroatoms. The minimum Gasteiger partial charge on any atom is -0.508 e. The minimum absolute atomic E-state index is 0.0908. The SMILES string of the molecule is COc1cc(CN)ccc1NC(=O)c1ccc(C)c(O)c1. The van der Waals surface area contributed by atoms with Gasteiger partial charge in [-0.15, -0.1) is 0 Å². The molecule has 0 aliphatic heterocycles. The average Bonchev–Trinajstić information content (AvgIpc) is 2.50. The van der Waals surface area contributed by atoms with Gasteiger partial charge in [0, 0.05) is 12.1 Å². The zero-order valence-corrected chi connectivity index (χ0v) is 12.0. The standard InChI is InChI=1S/C16H18N2O3/c1-10-3-5-12(8-14(10)19)16(20)18-13-6-4-11(9-17)7-15(13)21-2/h3-8,19H,9,17H2,1-2H3,(H,18,20). The summed E-state index contributed by atoms with van der Waals surface area (Å²) in [6.45, 7) is 2.17. The Labute approximate surface area is 123 Å². The molecule has 0 spiro atoms. The van der Waals surface area contributed by atoms with Gasteiger partial charge in [0.15, 0.2) is 0 Å². The van der Waals surface area contributed by atoms with Crippen molar-refractivity contribution in [3.05, 3.63) is 53.1 Å². The molecule has 1 amide bonds. The Morgan fingerprint density at radius 3 is 2.67 bits per heavy atom. The predicted octanol–water partition coefficient (Wildman–Crippen LogP) is 2.42. The van der Waals surface area contributed by atoms with Crippen LogP contribution in [0.5, 0.6) is 11.5 Å². The number of aromatic hydroxyl groups is 1. The van der Waals surface area contributed by atoms with Gasteiger partial charge < -0.3 is 20.9 Å². The van der Waals surface area contributed by atoms with E-state index < -0.39 is 0 Å². The summed E-state index contributed by atoms with van der Waals surface area (Å²) in [5.41, 5.74) is 8.14. The van der Waals surface area contributed by atoms with Crippen molar-refractivity contribution in [3.63, 3.8) is 0 Å². The number of rotatable bonds is 4. The van der Waals surface area contributed by atoms with Crippen molar-refractivity contribution in [2.24, 2.45) is 5.73 Å². The Bertz CT molecular complexity index is 669. The normalized spacial score (nSPS) is 10.2. The summed E-state index contributed by atoms with van der Waals surface area (Å²) in [5, 5.41) is 12.4. The fraction of sp³-hybridized carbons (Fsp3) is 0.188. The topological polar surface area (TPSA) is 84.6 Å². The summed E-state index contributed by atoms with van der Waals surface area (Å²) in [4.78, 5) is 12.2. The maximum atomic E-state index is 12.2. The van der Waals surface area contributed by atoms with Crippen LogP contribution in [0.15, 0.2) is 36.4 Å². The molecule has 0 aromatic heterocycles. The van der Waals surface area contributed by atoms with E-state index in [9.17, 15) is 9.90 Å². The average molecular weight is 286 g/mol. The highest BCUT2D eigenvalue weighted by molar-refractivity contribution is 6.05. The van der Waals surface area contributed by atoms with Crippen molar-refractivity contribution < 1.29 is 14.6 Å². The number of nitrogens with two attached hydrogens (primary N) is 1. The van der Waals surface area contributed by atoms with Crippen LogP contribution in [-0.2, 0) is 6.54 Å². The molecule has 4 N–H and O–H groups in total. The number of phenols is 1. The van der Waals surface area contributed by atoms with Crippen molar-refractivity contribution in [1.82, 2.24) is 0 Å². The van der Waals surface area contributed by atoms with Crippen LogP contribution in [0.1, 0.15) is 21.5 Å². The number of carbonyl (C=O) groups is 1. The number of phenolic OH excluding ortho intramolecular Hbond substituents is 1. The summed E-state index contributed by atoms with van der Waals surface area (Å²) in [5.74, 6) is 0.319. The molecule has 0 aliphatic carbocycles. The smallest absolute Gasteiger partial charge is 0.255 e. The van der Waals surface area contributed by atoms with Crippen LogP contribution < -0.4 is 15.8 Å². The molecule has 2 rings (SSSR count). The van der Waals surface area contributed by atoms with E-state index in [1.165, 1.54) is 13.2 Å². The second-order valence-corrected chi connectivity index (χ2v) is 4.69. The number of carbonyl (C=O) groups excluding carboxylic acids is 1. The molecule has 0 aliphatic rings. The van der Waals surface area contributed by atoms with Crippen molar-refractivity contribution in [1.29, 1.82) is 0 Å². The number of benzene rings is 2. The fourth-order valence-corrected chi connectivity index (χ4v) is 1.91. The van der Waals surface area contributed by atoms with E-state index in [1.54, 1.807) is 31.2 Å². The first-order chi connectivity index (χ1) is 10.0. The molecule has 110 valence electrons. The van der Waals surface area contributed by atoms with Gasteiger partial charge in [0.25, 0.3) is 5.91 Å². The van der Waals surface area contributed by atoms with Crippen LogP contribution >= 0.6 is 0 Å². The molecule has 0 saturated carbocycles. The van der Waals surface area contributed by atoms with Gasteiger partial charge >= 0.3 is 0 Å². The largest absolute Gasteiger partial charge is 0.508 e. The summed E-state index contributed by atoms with van der Waals surface area (Å²) in [6.07, 6.45) is 0. The Kier molecular flexibility index (Phi) is 4.45. The van der Waals surface area contributed by atoms with E-state index in [1.807, 2.05) is 6.07 Å². The molecule has 2 aromatic carbocycles. The zero-order valence-electron chi connectivity index (χ0n) is 12.0. The van der Waals surface area contributed by atoms with E-state index in [2.05, 4.69) is 5.32 Å². The summed E-state index contributed by atoms with van der Waals surface area (Å²) in [7, 11) is 1.53. The van der Waals surface area contributed by atoms with Crippen LogP contribution in [0.4, 0.5) is 5.69 Å². The number of hydrogen-bond acceptors (Lipinski definition) is 4. The van der Waals surface area contributed by atoms with Gasteiger partial charge in [0.05, 0.1) is 12.8 Å². The molecule has 0 fully saturated rings. The molecule has 5 nitrogen and oxygen atoms in total. The van der Waals surface area contributed by atoms with Crippen LogP contribution in [0.3, 0.4) is 0 Å². The van der Waals surface area contributed by atoms with Gasteiger partial charge in [0.1, 0.15) is 11.5 Å². The Morgan fingerprint density at radius 2 is 2.05 bits per heavy atom. The maximum Gasteiger partial charge on any atom is 0.255 e. The van der Waals surface area contributed by atoms with Crippen molar-refractivity contribution >= 4 is 11.6 Å². The molecule has 0 saturated heterocycles. The third kappa shape index (κ3) is 3.32. The van der Waals surface area contributed by atoms with Gasteiger partial charge in [-0.2, -0.15) is 0 Å². The highest BCUT2D eigenvalue weighted by Gasteiger charge is 2.11. The summed E-state index contributed by atoms with van der Waals surface area (Å²) >= 11 is 0. The van der Waals surface area contributed by atoms with Crippen LogP contribution in [0, 0.1) is 6.92 Å². The van der Waals surface area contributed by atoms with Gasteiger partial charge in [-0.1, -0.05) is 12.1 Å². The second kappa shape index (κ2) is 6.28. The first kappa shape index (κ1) is 14.9. The lowest BCUT2D eigenvalue weighted by Gasteiger charge is -2.12. The van der Waals surface area contributed by atoms with Crippen molar-refractivity contribution in [3.8, 4) is 11.5 Å². The van der Waals surface area contributed by atoms with E-state index in [0.29, 0.717) is 23.5 Å². The lowest BCUT2D eigenvalue weighted by molar-refractivity contribution is 0.102. The fourth-order valence-electron chi connectivity index (χ4n) is 1.91. The third-order valence-corrected chi connectivity index (χ3v) is 3.22. The number of hydrogen-bond donors (Lipinski definition) is 3. The minimum atomic E-state index is -0.316. The number of ether oxygens (including phenoxy) is 1. The lowest BCUT2D eigenvalue weighted by Crippen LogP contribution is -2.13. The van der Waals surface area contributed by atoms with E-state index in [0.717, 1.165) is 11.1 Å². The van der Waals surface area contributed by atoms with E-state index in [-0.39, 0.29) is 11.7 Å². The highest BCUT2D eigenvalue weighted by Crippen LogP contribution is 2.26. The van der Waals surface area contributed by atoms with Crippen molar-refractivity contribution in [2.75, 3.05) is 12.4 Å². The quantitative estimate of drug-likeness (QED) is 0.806. The van der Waals surface area contributed by atoms with Crippen LogP contribution in [0.25, 0.3) is 0 Å². The monoisotopic (exact) mass is 286 g/mol. The Hall–Kier alpha value is -2.53.